The minimum Gasteiger partial charge on any atom is -0.460 e. The predicted molar refractivity (Wildman–Crippen MR) is 61.5 cm³/mol. The van der Waals surface area contributed by atoms with Crippen LogP contribution in [0.15, 0.2) is 46.9 Å². The molecule has 0 saturated heterocycles. The van der Waals surface area contributed by atoms with Gasteiger partial charge in [0.25, 0.3) is 0 Å². The van der Waals surface area contributed by atoms with Gasteiger partial charge in [-0.1, -0.05) is 30.3 Å². The van der Waals surface area contributed by atoms with Crippen molar-refractivity contribution < 1.29 is 4.42 Å². The summed E-state index contributed by atoms with van der Waals surface area (Å²) in [5.74, 6) is 1.81. The summed E-state index contributed by atoms with van der Waals surface area (Å²) < 4.78 is 5.65. The van der Waals surface area contributed by atoms with E-state index in [1.807, 2.05) is 49.4 Å². The maximum Gasteiger partial charge on any atom is 0.134 e. The number of thiol groups is 1. The number of hydrogen-bond acceptors (Lipinski definition) is 2. The van der Waals surface area contributed by atoms with E-state index >= 15 is 0 Å². The van der Waals surface area contributed by atoms with Crippen LogP contribution in [0.3, 0.4) is 0 Å². The average Bonchev–Trinajstić information content (AvgIpc) is 2.68. The van der Waals surface area contributed by atoms with E-state index in [9.17, 15) is 0 Å². The topological polar surface area (TPSA) is 13.1 Å². The summed E-state index contributed by atoms with van der Waals surface area (Å²) in [6.45, 7) is 2.00. The van der Waals surface area contributed by atoms with Crippen molar-refractivity contribution in [3.05, 3.63) is 48.2 Å². The largest absolute Gasteiger partial charge is 0.460 e. The molecule has 0 N–H and O–H groups in total. The molecule has 2 aromatic rings. The third-order valence-electron chi connectivity index (χ3n) is 2.10. The van der Waals surface area contributed by atoms with Gasteiger partial charge in [0, 0.05) is 5.56 Å². The molecule has 0 aliphatic heterocycles. The fraction of sp³-hybridized carbons (Fsp3) is 0.167. The van der Waals surface area contributed by atoms with Gasteiger partial charge in [-0.05, 0) is 19.1 Å². The molecule has 0 bridgehead atoms. The van der Waals surface area contributed by atoms with Crippen molar-refractivity contribution in [2.75, 3.05) is 0 Å². The van der Waals surface area contributed by atoms with Crippen molar-refractivity contribution in [3.63, 3.8) is 0 Å². The highest BCUT2D eigenvalue weighted by atomic mass is 32.1. The van der Waals surface area contributed by atoms with Gasteiger partial charge in [-0.3, -0.25) is 0 Å². The maximum atomic E-state index is 5.65. The third kappa shape index (κ3) is 1.85. The van der Waals surface area contributed by atoms with Crippen molar-refractivity contribution in [1.29, 1.82) is 0 Å². The van der Waals surface area contributed by atoms with Crippen LogP contribution in [-0.4, -0.2) is 0 Å². The summed E-state index contributed by atoms with van der Waals surface area (Å²) >= 11 is 4.32. The molecule has 1 heterocycles. The van der Waals surface area contributed by atoms with E-state index in [-0.39, 0.29) is 5.25 Å². The van der Waals surface area contributed by atoms with Crippen LogP contribution in [0.1, 0.15) is 17.9 Å². The molecule has 2 rings (SSSR count). The van der Waals surface area contributed by atoms with Gasteiger partial charge in [-0.15, -0.1) is 0 Å². The van der Waals surface area contributed by atoms with Crippen LogP contribution in [0.2, 0.25) is 0 Å². The SMILES string of the molecule is CC(S)c1ccc(-c2ccccc2)o1. The van der Waals surface area contributed by atoms with Gasteiger partial charge in [0.05, 0.1) is 5.25 Å². The Kier molecular flexibility index (Phi) is 2.64. The first kappa shape index (κ1) is 9.41. The average molecular weight is 204 g/mol. The molecule has 0 aliphatic rings. The molecule has 1 aromatic heterocycles. The Balaban J connectivity index is 2.34. The molecule has 72 valence electrons. The maximum absolute atomic E-state index is 5.65. The Morgan fingerprint density at radius 2 is 1.79 bits per heavy atom. The summed E-state index contributed by atoms with van der Waals surface area (Å²) in [6.07, 6.45) is 0. The van der Waals surface area contributed by atoms with Crippen molar-refractivity contribution in [2.24, 2.45) is 0 Å². The van der Waals surface area contributed by atoms with E-state index < -0.39 is 0 Å². The van der Waals surface area contributed by atoms with Crippen LogP contribution in [0, 0.1) is 0 Å². The van der Waals surface area contributed by atoms with Crippen LogP contribution in [0.25, 0.3) is 11.3 Å². The Hall–Kier alpha value is -1.15. The minimum absolute atomic E-state index is 0.146. The monoisotopic (exact) mass is 204 g/mol. The summed E-state index contributed by atoms with van der Waals surface area (Å²) in [5.41, 5.74) is 1.10. The summed E-state index contributed by atoms with van der Waals surface area (Å²) in [4.78, 5) is 0. The van der Waals surface area contributed by atoms with E-state index in [1.165, 1.54) is 0 Å². The Morgan fingerprint density at radius 3 is 2.36 bits per heavy atom. The highest BCUT2D eigenvalue weighted by Crippen LogP contribution is 2.27. The molecule has 0 aliphatic carbocycles. The Morgan fingerprint density at radius 1 is 1.07 bits per heavy atom. The lowest BCUT2D eigenvalue weighted by Crippen LogP contribution is -1.77. The van der Waals surface area contributed by atoms with Gasteiger partial charge in [0.2, 0.25) is 0 Å². The van der Waals surface area contributed by atoms with E-state index in [2.05, 4.69) is 12.6 Å². The molecule has 1 atom stereocenters. The predicted octanol–water partition coefficient (Wildman–Crippen LogP) is 3.94. The lowest BCUT2D eigenvalue weighted by molar-refractivity contribution is 0.526. The van der Waals surface area contributed by atoms with Crippen molar-refractivity contribution in [3.8, 4) is 11.3 Å². The second-order valence-electron chi connectivity index (χ2n) is 3.24. The molecule has 14 heavy (non-hydrogen) atoms. The van der Waals surface area contributed by atoms with Crippen molar-refractivity contribution in [2.45, 2.75) is 12.2 Å². The lowest BCUT2D eigenvalue weighted by Gasteiger charge is -1.98. The second-order valence-corrected chi connectivity index (χ2v) is 4.02. The van der Waals surface area contributed by atoms with E-state index in [0.717, 1.165) is 17.1 Å². The first-order valence-corrected chi connectivity index (χ1v) is 5.12. The van der Waals surface area contributed by atoms with Gasteiger partial charge in [-0.25, -0.2) is 0 Å². The van der Waals surface area contributed by atoms with Gasteiger partial charge in [0.1, 0.15) is 11.5 Å². The van der Waals surface area contributed by atoms with Crippen molar-refractivity contribution >= 4 is 12.6 Å². The number of furan rings is 1. The van der Waals surface area contributed by atoms with Gasteiger partial charge in [0.15, 0.2) is 0 Å². The van der Waals surface area contributed by atoms with Gasteiger partial charge < -0.3 is 4.42 Å². The van der Waals surface area contributed by atoms with Crippen LogP contribution < -0.4 is 0 Å². The fourth-order valence-electron chi connectivity index (χ4n) is 1.33. The van der Waals surface area contributed by atoms with E-state index in [4.69, 9.17) is 4.42 Å². The molecule has 2 heteroatoms. The quantitative estimate of drug-likeness (QED) is 0.731. The van der Waals surface area contributed by atoms with E-state index in [0.29, 0.717) is 0 Å². The number of rotatable bonds is 2. The first-order valence-electron chi connectivity index (χ1n) is 4.60. The van der Waals surface area contributed by atoms with Crippen molar-refractivity contribution in [1.82, 2.24) is 0 Å². The Labute approximate surface area is 89.2 Å². The lowest BCUT2D eigenvalue weighted by atomic mass is 10.2. The smallest absolute Gasteiger partial charge is 0.134 e. The number of hydrogen-bond donors (Lipinski definition) is 1. The van der Waals surface area contributed by atoms with Crippen LogP contribution in [0.4, 0.5) is 0 Å². The molecular formula is C12H12OS. The summed E-state index contributed by atoms with van der Waals surface area (Å²) in [5, 5.41) is 0.146. The minimum atomic E-state index is 0.146. The van der Waals surface area contributed by atoms with Crippen LogP contribution >= 0.6 is 12.6 Å². The molecule has 1 unspecified atom stereocenters. The first-order chi connectivity index (χ1) is 6.77. The van der Waals surface area contributed by atoms with E-state index in [1.54, 1.807) is 0 Å². The summed E-state index contributed by atoms with van der Waals surface area (Å²) in [7, 11) is 0. The molecule has 1 nitrogen and oxygen atoms in total. The third-order valence-corrected chi connectivity index (χ3v) is 2.35. The zero-order valence-corrected chi connectivity index (χ0v) is 8.87. The highest BCUT2D eigenvalue weighted by Gasteiger charge is 2.07. The zero-order chi connectivity index (χ0) is 9.97. The zero-order valence-electron chi connectivity index (χ0n) is 7.97. The molecule has 1 aromatic carbocycles. The molecule has 0 saturated carbocycles. The number of benzene rings is 1. The van der Waals surface area contributed by atoms with Gasteiger partial charge in [-0.2, -0.15) is 12.6 Å². The molecular weight excluding hydrogens is 192 g/mol. The standard InChI is InChI=1S/C12H12OS/c1-9(14)11-7-8-12(13-11)10-5-3-2-4-6-10/h2-9,14H,1H3. The normalized spacial score (nSPS) is 12.7. The molecule has 0 spiro atoms. The fourth-order valence-corrected chi connectivity index (χ4v) is 1.47. The summed E-state index contributed by atoms with van der Waals surface area (Å²) in [6, 6.07) is 14.0. The molecule has 0 amide bonds. The highest BCUT2D eigenvalue weighted by molar-refractivity contribution is 7.80. The van der Waals surface area contributed by atoms with Crippen LogP contribution in [0.5, 0.6) is 0 Å². The second kappa shape index (κ2) is 3.93. The van der Waals surface area contributed by atoms with Crippen LogP contribution in [-0.2, 0) is 0 Å². The van der Waals surface area contributed by atoms with Gasteiger partial charge >= 0.3 is 0 Å². The molecule has 0 fully saturated rings. The molecule has 0 radical (unpaired) electrons. The Bertz CT molecular complexity index is 403.